The van der Waals surface area contributed by atoms with Crippen LogP contribution in [0.25, 0.3) is 0 Å². The summed E-state index contributed by atoms with van der Waals surface area (Å²) < 4.78 is 41.0. The molecule has 25 heavy (non-hydrogen) atoms. The van der Waals surface area contributed by atoms with Crippen LogP contribution < -0.4 is 15.4 Å². The van der Waals surface area contributed by atoms with Gasteiger partial charge >= 0.3 is 12.4 Å². The second-order valence-corrected chi connectivity index (χ2v) is 6.77. The summed E-state index contributed by atoms with van der Waals surface area (Å²) in [7, 11) is 0. The van der Waals surface area contributed by atoms with Gasteiger partial charge in [-0.3, -0.25) is 0 Å². The van der Waals surface area contributed by atoms with Crippen LogP contribution >= 0.6 is 11.3 Å². The van der Waals surface area contributed by atoms with Crippen molar-refractivity contribution < 1.29 is 22.7 Å². The Hall–Kier alpha value is -2.29. The highest BCUT2D eigenvalue weighted by Crippen LogP contribution is 2.46. The van der Waals surface area contributed by atoms with Crippen molar-refractivity contribution in [3.05, 3.63) is 46.4 Å². The first-order valence-electron chi connectivity index (χ1n) is 7.62. The van der Waals surface area contributed by atoms with Crippen molar-refractivity contribution in [3.63, 3.8) is 0 Å². The van der Waals surface area contributed by atoms with Crippen LogP contribution in [0.15, 0.2) is 35.8 Å². The van der Waals surface area contributed by atoms with Gasteiger partial charge < -0.3 is 15.4 Å². The van der Waals surface area contributed by atoms with E-state index in [-0.39, 0.29) is 17.8 Å². The van der Waals surface area contributed by atoms with Crippen molar-refractivity contribution in [1.29, 1.82) is 0 Å². The van der Waals surface area contributed by atoms with E-state index < -0.39 is 11.9 Å². The number of aromatic nitrogens is 1. The molecule has 2 amide bonds. The summed E-state index contributed by atoms with van der Waals surface area (Å²) in [6.07, 6.45) is -1.78. The van der Waals surface area contributed by atoms with Crippen LogP contribution in [0, 0.1) is 0 Å². The third kappa shape index (κ3) is 4.41. The Labute approximate surface area is 146 Å². The Bertz CT molecular complexity index is 745. The third-order valence-electron chi connectivity index (χ3n) is 3.89. The summed E-state index contributed by atoms with van der Waals surface area (Å²) >= 11 is 1.43. The summed E-state index contributed by atoms with van der Waals surface area (Å²) in [5.41, 5.74) is -0.0659. The minimum atomic E-state index is -4.75. The third-order valence-corrected chi connectivity index (χ3v) is 4.85. The lowest BCUT2D eigenvalue weighted by Gasteiger charge is -2.21. The van der Waals surface area contributed by atoms with Crippen molar-refractivity contribution in [2.45, 2.75) is 37.7 Å². The number of rotatable bonds is 5. The van der Waals surface area contributed by atoms with Gasteiger partial charge in [-0.25, -0.2) is 9.78 Å². The van der Waals surface area contributed by atoms with Crippen LogP contribution in [-0.4, -0.2) is 17.4 Å². The first kappa shape index (κ1) is 17.5. The number of ether oxygens (including phenoxy) is 1. The second kappa shape index (κ2) is 6.55. The predicted octanol–water partition coefficient (Wildman–Crippen LogP) is 4.09. The Balaban J connectivity index is 1.66. The quantitative estimate of drug-likeness (QED) is 0.832. The first-order chi connectivity index (χ1) is 11.8. The summed E-state index contributed by atoms with van der Waals surface area (Å²) in [5.74, 6) is -0.297. The zero-order valence-electron chi connectivity index (χ0n) is 13.3. The second-order valence-electron chi connectivity index (χ2n) is 5.85. The maximum absolute atomic E-state index is 12.4. The van der Waals surface area contributed by atoms with E-state index >= 15 is 0 Å². The summed E-state index contributed by atoms with van der Waals surface area (Å²) in [5, 5.41) is 8.24. The number of thiazole rings is 1. The van der Waals surface area contributed by atoms with E-state index in [0.717, 1.165) is 5.01 Å². The summed E-state index contributed by atoms with van der Waals surface area (Å²) in [6.45, 7) is 1.82. The molecule has 134 valence electrons. The van der Waals surface area contributed by atoms with Gasteiger partial charge in [-0.1, -0.05) is 12.1 Å². The molecule has 0 aliphatic heterocycles. The molecule has 1 aromatic heterocycles. The van der Waals surface area contributed by atoms with Crippen LogP contribution in [0.4, 0.5) is 18.0 Å². The molecule has 9 heteroatoms. The maximum Gasteiger partial charge on any atom is 0.573 e. The molecular weight excluding hydrogens is 355 g/mol. The van der Waals surface area contributed by atoms with Crippen molar-refractivity contribution >= 4 is 17.4 Å². The van der Waals surface area contributed by atoms with Crippen LogP contribution in [0.1, 0.15) is 36.4 Å². The highest BCUT2D eigenvalue weighted by atomic mass is 32.1. The number of nitrogens with zero attached hydrogens (tertiary/aromatic N) is 1. The van der Waals surface area contributed by atoms with Gasteiger partial charge in [0.05, 0.1) is 11.6 Å². The van der Waals surface area contributed by atoms with E-state index in [4.69, 9.17) is 0 Å². The van der Waals surface area contributed by atoms with Gasteiger partial charge in [0.15, 0.2) is 0 Å². The number of alkyl halides is 3. The van der Waals surface area contributed by atoms with Gasteiger partial charge in [0, 0.05) is 11.6 Å². The van der Waals surface area contributed by atoms with E-state index in [1.807, 2.05) is 12.3 Å². The lowest BCUT2D eigenvalue weighted by molar-refractivity contribution is -0.274. The number of halogens is 3. The Morgan fingerprint density at radius 1 is 1.40 bits per heavy atom. The monoisotopic (exact) mass is 371 g/mol. The zero-order valence-corrected chi connectivity index (χ0v) is 14.1. The van der Waals surface area contributed by atoms with Crippen LogP contribution in [0.5, 0.6) is 5.75 Å². The normalized spacial score (nSPS) is 16.8. The SMILES string of the molecule is C[C@H](NC(=O)NC1(c2cccc(OC(F)(F)F)c2)CC1)c1nccs1. The van der Waals surface area contributed by atoms with Crippen molar-refractivity contribution in [3.8, 4) is 5.75 Å². The Morgan fingerprint density at radius 2 is 2.16 bits per heavy atom. The summed E-state index contributed by atoms with van der Waals surface area (Å²) in [4.78, 5) is 16.4. The molecule has 1 fully saturated rings. The average Bonchev–Trinajstić information content (AvgIpc) is 3.08. The molecule has 0 radical (unpaired) electrons. The molecule has 3 rings (SSSR count). The number of benzene rings is 1. The number of carbonyl (C=O) groups is 1. The van der Waals surface area contributed by atoms with Crippen LogP contribution in [0.3, 0.4) is 0 Å². The minimum Gasteiger partial charge on any atom is -0.406 e. The molecule has 1 aromatic carbocycles. The minimum absolute atomic E-state index is 0.254. The zero-order chi connectivity index (χ0) is 18.1. The number of urea groups is 1. The summed E-state index contributed by atoms with van der Waals surface area (Å²) in [6, 6.07) is 5.07. The number of hydrogen-bond donors (Lipinski definition) is 2. The van der Waals surface area contributed by atoms with Crippen molar-refractivity contribution in [2.24, 2.45) is 0 Å². The van der Waals surface area contributed by atoms with Gasteiger partial charge in [-0.2, -0.15) is 0 Å². The molecule has 0 spiro atoms. The topological polar surface area (TPSA) is 63.2 Å². The molecule has 0 unspecified atom stereocenters. The molecule has 1 aliphatic carbocycles. The predicted molar refractivity (Wildman–Crippen MR) is 86.2 cm³/mol. The molecule has 0 bridgehead atoms. The van der Waals surface area contributed by atoms with Crippen molar-refractivity contribution in [1.82, 2.24) is 15.6 Å². The molecule has 0 saturated heterocycles. The van der Waals surface area contributed by atoms with Crippen LogP contribution in [-0.2, 0) is 5.54 Å². The molecule has 2 aromatic rings. The smallest absolute Gasteiger partial charge is 0.406 e. The molecular formula is C16H16F3N3O2S. The van der Waals surface area contributed by atoms with E-state index in [0.29, 0.717) is 18.4 Å². The average molecular weight is 371 g/mol. The number of hydrogen-bond acceptors (Lipinski definition) is 4. The molecule has 1 aliphatic rings. The molecule has 2 N–H and O–H groups in total. The standard InChI is InChI=1S/C16H16F3N3O2S/c1-10(13-20-7-8-25-13)21-14(23)22-15(5-6-15)11-3-2-4-12(9-11)24-16(17,18)19/h2-4,7-10H,5-6H2,1H3,(H2,21,22,23)/t10-/m0/s1. The number of nitrogens with one attached hydrogen (secondary N) is 2. The van der Waals surface area contributed by atoms with Crippen molar-refractivity contribution in [2.75, 3.05) is 0 Å². The molecule has 1 heterocycles. The van der Waals surface area contributed by atoms with E-state index in [1.54, 1.807) is 12.3 Å². The Morgan fingerprint density at radius 3 is 2.76 bits per heavy atom. The number of amides is 2. The van der Waals surface area contributed by atoms with Gasteiger partial charge in [0.2, 0.25) is 0 Å². The first-order valence-corrected chi connectivity index (χ1v) is 8.50. The molecule has 1 atom stereocenters. The lowest BCUT2D eigenvalue weighted by Crippen LogP contribution is -2.43. The number of carbonyl (C=O) groups excluding carboxylic acids is 1. The van der Waals surface area contributed by atoms with Gasteiger partial charge in [0.25, 0.3) is 0 Å². The highest BCUT2D eigenvalue weighted by molar-refractivity contribution is 7.09. The Kier molecular flexibility index (Phi) is 4.59. The van der Waals surface area contributed by atoms with E-state index in [1.165, 1.54) is 29.5 Å². The fourth-order valence-corrected chi connectivity index (χ4v) is 3.21. The highest BCUT2D eigenvalue weighted by Gasteiger charge is 2.46. The van der Waals surface area contributed by atoms with E-state index in [9.17, 15) is 18.0 Å². The maximum atomic E-state index is 12.4. The largest absolute Gasteiger partial charge is 0.573 e. The van der Waals surface area contributed by atoms with Gasteiger partial charge in [0.1, 0.15) is 10.8 Å². The fourth-order valence-electron chi connectivity index (χ4n) is 2.56. The van der Waals surface area contributed by atoms with Gasteiger partial charge in [-0.15, -0.1) is 24.5 Å². The van der Waals surface area contributed by atoms with Crippen LogP contribution in [0.2, 0.25) is 0 Å². The lowest BCUT2D eigenvalue weighted by atomic mass is 10.0. The fraction of sp³-hybridized carbons (Fsp3) is 0.375. The van der Waals surface area contributed by atoms with E-state index in [2.05, 4.69) is 20.4 Å². The van der Waals surface area contributed by atoms with Gasteiger partial charge in [-0.05, 0) is 37.5 Å². The molecule has 1 saturated carbocycles. The molecule has 5 nitrogen and oxygen atoms in total.